The van der Waals surface area contributed by atoms with Crippen LogP contribution in [-0.2, 0) is 31.2 Å². The summed E-state index contributed by atoms with van der Waals surface area (Å²) in [6.45, 7) is 0.533. The van der Waals surface area contributed by atoms with Gasteiger partial charge in [-0.3, -0.25) is 9.59 Å². The van der Waals surface area contributed by atoms with Crippen molar-refractivity contribution in [2.75, 3.05) is 6.26 Å². The van der Waals surface area contributed by atoms with Gasteiger partial charge in [0.1, 0.15) is 0 Å². The topological polar surface area (TPSA) is 64.0 Å². The maximum atomic E-state index is 12.4. The monoisotopic (exact) mass is 343 g/mol. The van der Waals surface area contributed by atoms with E-state index in [1.54, 1.807) is 24.9 Å². The van der Waals surface area contributed by atoms with Gasteiger partial charge in [-0.05, 0) is 48.8 Å². The molecule has 1 aliphatic carbocycles. The lowest BCUT2D eigenvalue weighted by atomic mass is 9.86. The highest BCUT2D eigenvalue weighted by Crippen LogP contribution is 2.23. The van der Waals surface area contributed by atoms with Gasteiger partial charge in [-0.25, -0.2) is 4.68 Å². The Balaban J connectivity index is 1.61. The van der Waals surface area contributed by atoms with Gasteiger partial charge < -0.3 is 5.32 Å². The maximum absolute atomic E-state index is 12.4. The van der Waals surface area contributed by atoms with Crippen LogP contribution in [0.25, 0.3) is 0 Å². The van der Waals surface area contributed by atoms with E-state index in [1.165, 1.54) is 9.58 Å². The molecule has 1 aliphatic rings. The van der Waals surface area contributed by atoms with Crippen LogP contribution in [-0.4, -0.2) is 21.9 Å². The lowest BCUT2D eigenvalue weighted by Crippen LogP contribution is -2.35. The average Bonchev–Trinajstić information content (AvgIpc) is 2.60. The van der Waals surface area contributed by atoms with Crippen LogP contribution in [0.3, 0.4) is 0 Å². The zero-order valence-corrected chi connectivity index (χ0v) is 14.7. The lowest BCUT2D eigenvalue weighted by Gasteiger charge is -2.23. The molecule has 1 heterocycles. The van der Waals surface area contributed by atoms with Crippen LogP contribution in [0, 0.1) is 5.92 Å². The fourth-order valence-electron chi connectivity index (χ4n) is 2.99. The normalized spacial score (nSPS) is 16.5. The van der Waals surface area contributed by atoms with Crippen molar-refractivity contribution in [1.82, 2.24) is 15.1 Å². The van der Waals surface area contributed by atoms with Crippen LogP contribution in [0.15, 0.2) is 40.0 Å². The van der Waals surface area contributed by atoms with Crippen LogP contribution in [0.5, 0.6) is 0 Å². The number of aromatic nitrogens is 2. The standard InChI is InChI=1S/C18H21N3O2S/c1-21-17(22)10-14-9-13(5-8-16(14)20-21)18(23)19-11-12-3-6-15(24-2)7-4-12/h3-4,6-7,10,13H,5,8-9,11H2,1-2H3,(H,19,23). The lowest BCUT2D eigenvalue weighted by molar-refractivity contribution is -0.125. The van der Waals surface area contributed by atoms with Crippen molar-refractivity contribution >= 4 is 17.7 Å². The molecule has 1 amide bonds. The van der Waals surface area contributed by atoms with Crippen molar-refractivity contribution in [3.05, 3.63) is 57.5 Å². The highest BCUT2D eigenvalue weighted by molar-refractivity contribution is 7.98. The highest BCUT2D eigenvalue weighted by Gasteiger charge is 2.26. The molecule has 6 heteroatoms. The van der Waals surface area contributed by atoms with Gasteiger partial charge in [0.2, 0.25) is 5.91 Å². The van der Waals surface area contributed by atoms with Crippen molar-refractivity contribution in [3.63, 3.8) is 0 Å². The Morgan fingerprint density at radius 1 is 1.38 bits per heavy atom. The van der Waals surface area contributed by atoms with Crippen LogP contribution >= 0.6 is 11.8 Å². The molecular weight excluding hydrogens is 322 g/mol. The fraction of sp³-hybridized carbons (Fsp3) is 0.389. The minimum absolute atomic E-state index is 0.0512. The van der Waals surface area contributed by atoms with E-state index in [4.69, 9.17) is 0 Å². The van der Waals surface area contributed by atoms with Crippen molar-refractivity contribution in [1.29, 1.82) is 0 Å². The second kappa shape index (κ2) is 7.21. The number of rotatable bonds is 4. The second-order valence-corrected chi connectivity index (χ2v) is 6.96. The largest absolute Gasteiger partial charge is 0.352 e. The first-order valence-corrected chi connectivity index (χ1v) is 9.26. The average molecular weight is 343 g/mol. The molecule has 1 aromatic heterocycles. The molecule has 0 bridgehead atoms. The number of amides is 1. The zero-order valence-electron chi connectivity index (χ0n) is 13.9. The number of nitrogens with one attached hydrogen (secondary N) is 1. The third-order valence-electron chi connectivity index (χ3n) is 4.45. The third kappa shape index (κ3) is 3.70. The number of benzene rings is 1. The smallest absolute Gasteiger partial charge is 0.266 e. The molecule has 2 aromatic rings. The molecule has 1 N–H and O–H groups in total. The molecule has 3 rings (SSSR count). The van der Waals surface area contributed by atoms with Crippen LogP contribution in [0.1, 0.15) is 23.2 Å². The quantitative estimate of drug-likeness (QED) is 0.862. The molecule has 0 spiro atoms. The second-order valence-electron chi connectivity index (χ2n) is 6.08. The molecular formula is C18H21N3O2S. The first-order valence-electron chi connectivity index (χ1n) is 8.03. The maximum Gasteiger partial charge on any atom is 0.266 e. The number of carbonyl (C=O) groups excluding carboxylic acids is 1. The Morgan fingerprint density at radius 2 is 2.12 bits per heavy atom. The Morgan fingerprint density at radius 3 is 2.83 bits per heavy atom. The number of aryl methyl sites for hydroxylation is 2. The Kier molecular flexibility index (Phi) is 5.04. The molecule has 5 nitrogen and oxygen atoms in total. The third-order valence-corrected chi connectivity index (χ3v) is 5.19. The van der Waals surface area contributed by atoms with Gasteiger partial charge in [0.05, 0.1) is 5.69 Å². The van der Waals surface area contributed by atoms with Crippen molar-refractivity contribution < 1.29 is 4.79 Å². The van der Waals surface area contributed by atoms with Gasteiger partial charge in [0.15, 0.2) is 0 Å². The fourth-order valence-corrected chi connectivity index (χ4v) is 3.40. The number of nitrogens with zero attached hydrogens (tertiary/aromatic N) is 2. The van der Waals surface area contributed by atoms with E-state index in [0.29, 0.717) is 13.0 Å². The predicted octanol–water partition coefficient (Wildman–Crippen LogP) is 1.92. The van der Waals surface area contributed by atoms with Crippen LogP contribution in [0.2, 0.25) is 0 Å². The molecule has 1 aromatic carbocycles. The van der Waals surface area contributed by atoms with Crippen LogP contribution in [0.4, 0.5) is 0 Å². The number of thioether (sulfide) groups is 1. The number of hydrogen-bond acceptors (Lipinski definition) is 4. The Bertz CT molecular complexity index is 799. The minimum atomic E-state index is -0.122. The predicted molar refractivity (Wildman–Crippen MR) is 95.1 cm³/mol. The summed E-state index contributed by atoms with van der Waals surface area (Å²) >= 11 is 1.70. The van der Waals surface area contributed by atoms with Crippen molar-refractivity contribution in [2.24, 2.45) is 13.0 Å². The van der Waals surface area contributed by atoms with E-state index >= 15 is 0 Å². The summed E-state index contributed by atoms with van der Waals surface area (Å²) in [7, 11) is 1.66. The number of carbonyl (C=O) groups is 1. The molecule has 0 saturated carbocycles. The molecule has 1 unspecified atom stereocenters. The van der Waals surface area contributed by atoms with Gasteiger partial charge in [-0.15, -0.1) is 11.8 Å². The van der Waals surface area contributed by atoms with Crippen LogP contribution < -0.4 is 10.9 Å². The summed E-state index contributed by atoms with van der Waals surface area (Å²) in [5, 5.41) is 7.30. The zero-order chi connectivity index (χ0) is 17.1. The van der Waals surface area contributed by atoms with Gasteiger partial charge in [0.25, 0.3) is 5.56 Å². The first-order chi connectivity index (χ1) is 11.6. The number of fused-ring (bicyclic) bond motifs is 1. The van der Waals surface area contributed by atoms with E-state index in [-0.39, 0.29) is 17.4 Å². The first kappa shape index (κ1) is 16.8. The van der Waals surface area contributed by atoms with Gasteiger partial charge in [-0.2, -0.15) is 5.10 Å². The Labute approximate surface area is 145 Å². The van der Waals surface area contributed by atoms with E-state index in [2.05, 4.69) is 22.5 Å². The summed E-state index contributed by atoms with van der Waals surface area (Å²) in [6, 6.07) is 9.81. The molecule has 0 radical (unpaired) electrons. The molecule has 1 atom stereocenters. The molecule has 0 saturated heterocycles. The van der Waals surface area contributed by atoms with Gasteiger partial charge >= 0.3 is 0 Å². The minimum Gasteiger partial charge on any atom is -0.352 e. The number of hydrogen-bond donors (Lipinski definition) is 1. The van der Waals surface area contributed by atoms with E-state index < -0.39 is 0 Å². The van der Waals surface area contributed by atoms with Gasteiger partial charge in [0, 0.05) is 30.5 Å². The van der Waals surface area contributed by atoms with Crippen molar-refractivity contribution in [2.45, 2.75) is 30.7 Å². The van der Waals surface area contributed by atoms with Crippen molar-refractivity contribution in [3.8, 4) is 0 Å². The summed E-state index contributed by atoms with van der Waals surface area (Å²) in [5.41, 5.74) is 2.82. The Hall–Kier alpha value is -2.08. The SMILES string of the molecule is CSc1ccc(CNC(=O)C2CCc3nn(C)c(=O)cc3C2)cc1. The summed E-state index contributed by atoms with van der Waals surface area (Å²) < 4.78 is 1.36. The molecule has 0 aliphatic heterocycles. The molecule has 24 heavy (non-hydrogen) atoms. The molecule has 126 valence electrons. The summed E-state index contributed by atoms with van der Waals surface area (Å²) in [4.78, 5) is 25.4. The van der Waals surface area contributed by atoms with E-state index in [1.807, 2.05) is 18.4 Å². The summed E-state index contributed by atoms with van der Waals surface area (Å²) in [6.07, 6.45) is 4.15. The van der Waals surface area contributed by atoms with Gasteiger partial charge in [-0.1, -0.05) is 12.1 Å². The highest BCUT2D eigenvalue weighted by atomic mass is 32.2. The van der Waals surface area contributed by atoms with E-state index in [9.17, 15) is 9.59 Å². The molecule has 0 fully saturated rings. The van der Waals surface area contributed by atoms with E-state index in [0.717, 1.165) is 29.7 Å². The summed E-state index contributed by atoms with van der Waals surface area (Å²) in [5.74, 6) is -0.0350.